The second-order valence-electron chi connectivity index (χ2n) is 4.64. The van der Waals surface area contributed by atoms with Crippen molar-refractivity contribution in [2.45, 2.75) is 18.9 Å². The Morgan fingerprint density at radius 2 is 1.90 bits per heavy atom. The van der Waals surface area contributed by atoms with E-state index in [0.29, 0.717) is 12.8 Å². The number of carboxylic acids is 1. The molecule has 8 heteroatoms. The first-order valence-electron chi connectivity index (χ1n) is 6.08. The molecule has 0 atom stereocenters. The molecule has 2 rings (SSSR count). The molecular weight excluding hydrogens is 284 g/mol. The van der Waals surface area contributed by atoms with Crippen LogP contribution < -0.4 is 5.32 Å². The Balaban J connectivity index is 1.97. The number of nitrogens with one attached hydrogen (secondary N) is 1. The van der Waals surface area contributed by atoms with Gasteiger partial charge in [0.1, 0.15) is 15.5 Å². The number of nitrogens with zero attached hydrogens (tertiary/aromatic N) is 1. The third kappa shape index (κ3) is 3.53. The Hall–Kier alpha value is -1.96. The summed E-state index contributed by atoms with van der Waals surface area (Å²) in [5, 5.41) is 11.4. The molecule has 0 aromatic carbocycles. The van der Waals surface area contributed by atoms with Crippen molar-refractivity contribution in [2.75, 3.05) is 11.5 Å². The fourth-order valence-electron chi connectivity index (χ4n) is 1.95. The lowest BCUT2D eigenvalue weighted by atomic mass is 10.1. The molecular formula is C12H14N2O5S. The van der Waals surface area contributed by atoms with Gasteiger partial charge in [-0.05, 0) is 25.0 Å². The number of aromatic nitrogens is 1. The zero-order valence-electron chi connectivity index (χ0n) is 10.6. The predicted molar refractivity (Wildman–Crippen MR) is 70.3 cm³/mol. The number of amides is 1. The van der Waals surface area contributed by atoms with Gasteiger partial charge in [-0.1, -0.05) is 0 Å². The van der Waals surface area contributed by atoms with Crippen LogP contribution in [0.4, 0.5) is 0 Å². The number of hydrogen-bond acceptors (Lipinski definition) is 5. The van der Waals surface area contributed by atoms with Crippen LogP contribution in [0.5, 0.6) is 0 Å². The van der Waals surface area contributed by atoms with Crippen LogP contribution in [0.1, 0.15) is 33.7 Å². The minimum absolute atomic E-state index is 0.00492. The molecule has 0 radical (unpaired) electrons. The summed E-state index contributed by atoms with van der Waals surface area (Å²) in [7, 11) is -2.96. The molecule has 20 heavy (non-hydrogen) atoms. The fourth-order valence-corrected chi connectivity index (χ4v) is 3.44. The average molecular weight is 298 g/mol. The Bertz CT molecular complexity index is 610. The van der Waals surface area contributed by atoms with E-state index >= 15 is 0 Å². The molecule has 1 amide bonds. The zero-order valence-corrected chi connectivity index (χ0v) is 11.4. The molecule has 0 saturated carbocycles. The monoisotopic (exact) mass is 298 g/mol. The minimum atomic E-state index is -2.96. The van der Waals surface area contributed by atoms with Crippen molar-refractivity contribution in [1.29, 1.82) is 0 Å². The van der Waals surface area contributed by atoms with Gasteiger partial charge in [-0.2, -0.15) is 0 Å². The summed E-state index contributed by atoms with van der Waals surface area (Å²) in [4.78, 5) is 26.3. The Morgan fingerprint density at radius 1 is 1.25 bits per heavy atom. The van der Waals surface area contributed by atoms with Crippen LogP contribution in [0.2, 0.25) is 0 Å². The molecule has 0 aliphatic carbocycles. The van der Waals surface area contributed by atoms with E-state index in [1.54, 1.807) is 0 Å². The average Bonchev–Trinajstić information content (AvgIpc) is 2.41. The molecule has 1 aliphatic rings. The molecule has 1 aromatic heterocycles. The number of aromatic carboxylic acids is 1. The van der Waals surface area contributed by atoms with Gasteiger partial charge < -0.3 is 10.4 Å². The first kappa shape index (κ1) is 14.4. The summed E-state index contributed by atoms with van der Waals surface area (Å²) >= 11 is 0. The van der Waals surface area contributed by atoms with Gasteiger partial charge in [-0.15, -0.1) is 0 Å². The van der Waals surface area contributed by atoms with Gasteiger partial charge >= 0.3 is 5.97 Å². The van der Waals surface area contributed by atoms with E-state index in [1.165, 1.54) is 12.1 Å². The molecule has 1 saturated heterocycles. The number of carbonyl (C=O) groups is 2. The second kappa shape index (κ2) is 5.58. The molecule has 7 nitrogen and oxygen atoms in total. The van der Waals surface area contributed by atoms with Crippen LogP contribution in [0, 0.1) is 0 Å². The number of carboxylic acid groups (broad SMARTS) is 1. The van der Waals surface area contributed by atoms with Crippen molar-refractivity contribution < 1.29 is 23.1 Å². The molecule has 2 N–H and O–H groups in total. The molecule has 1 fully saturated rings. The maximum atomic E-state index is 11.9. The normalized spacial score (nSPS) is 18.4. The highest BCUT2D eigenvalue weighted by Crippen LogP contribution is 2.12. The summed E-state index contributed by atoms with van der Waals surface area (Å²) in [6.07, 6.45) is 1.89. The highest BCUT2D eigenvalue weighted by atomic mass is 32.2. The second-order valence-corrected chi connectivity index (χ2v) is 6.94. The fraction of sp³-hybridized carbons (Fsp3) is 0.417. The number of hydrogen-bond donors (Lipinski definition) is 2. The molecule has 108 valence electrons. The van der Waals surface area contributed by atoms with Crippen molar-refractivity contribution in [1.82, 2.24) is 10.3 Å². The predicted octanol–water partition coefficient (Wildman–Crippen LogP) is 0.0868. The lowest BCUT2D eigenvalue weighted by Crippen LogP contribution is -2.41. The Morgan fingerprint density at radius 3 is 2.40 bits per heavy atom. The number of pyridine rings is 1. The van der Waals surface area contributed by atoms with E-state index in [1.807, 2.05) is 0 Å². The molecule has 1 aromatic rings. The first-order valence-corrected chi connectivity index (χ1v) is 7.90. The standard InChI is InChI=1S/C12H14N2O5S/c15-11(10-2-1-8(7-13-10)12(16)17)14-9-3-5-20(18,19)6-4-9/h1-2,7,9H,3-6H2,(H,14,15)(H,16,17). The van der Waals surface area contributed by atoms with Crippen molar-refractivity contribution in [3.63, 3.8) is 0 Å². The third-order valence-corrected chi connectivity index (χ3v) is 4.85. The summed E-state index contributed by atoms with van der Waals surface area (Å²) in [5.74, 6) is -1.39. The van der Waals surface area contributed by atoms with Gasteiger partial charge in [0.2, 0.25) is 0 Å². The zero-order chi connectivity index (χ0) is 14.8. The minimum Gasteiger partial charge on any atom is -0.478 e. The Kier molecular flexibility index (Phi) is 4.03. The number of carbonyl (C=O) groups excluding carboxylic acids is 1. The number of rotatable bonds is 3. The lowest BCUT2D eigenvalue weighted by Gasteiger charge is -2.22. The first-order chi connectivity index (χ1) is 9.37. The quantitative estimate of drug-likeness (QED) is 0.817. The van der Waals surface area contributed by atoms with E-state index in [4.69, 9.17) is 5.11 Å². The molecule has 0 bridgehead atoms. The van der Waals surface area contributed by atoms with E-state index in [2.05, 4.69) is 10.3 Å². The van der Waals surface area contributed by atoms with Crippen molar-refractivity contribution in [3.05, 3.63) is 29.6 Å². The van der Waals surface area contributed by atoms with Gasteiger partial charge in [-0.3, -0.25) is 9.78 Å². The smallest absolute Gasteiger partial charge is 0.337 e. The SMILES string of the molecule is O=C(O)c1ccc(C(=O)NC2CCS(=O)(=O)CC2)nc1. The largest absolute Gasteiger partial charge is 0.478 e. The molecule has 0 unspecified atom stereocenters. The summed E-state index contributed by atoms with van der Waals surface area (Å²) in [5.41, 5.74) is 0.119. The van der Waals surface area contributed by atoms with E-state index < -0.39 is 21.7 Å². The van der Waals surface area contributed by atoms with Gasteiger partial charge in [0, 0.05) is 12.2 Å². The molecule has 0 spiro atoms. The van der Waals surface area contributed by atoms with Crippen molar-refractivity contribution in [2.24, 2.45) is 0 Å². The molecule has 2 heterocycles. The van der Waals surface area contributed by atoms with Crippen LogP contribution in [0.25, 0.3) is 0 Å². The van der Waals surface area contributed by atoms with E-state index in [9.17, 15) is 18.0 Å². The third-order valence-electron chi connectivity index (χ3n) is 3.13. The highest BCUT2D eigenvalue weighted by Gasteiger charge is 2.25. The summed E-state index contributed by atoms with van der Waals surface area (Å²) < 4.78 is 22.5. The Labute approximate surface area is 115 Å². The topological polar surface area (TPSA) is 113 Å². The van der Waals surface area contributed by atoms with E-state index in [-0.39, 0.29) is 28.8 Å². The van der Waals surface area contributed by atoms with Gasteiger partial charge in [0.15, 0.2) is 0 Å². The van der Waals surface area contributed by atoms with Gasteiger partial charge in [0.25, 0.3) is 5.91 Å². The summed E-state index contributed by atoms with van der Waals surface area (Å²) in [6, 6.07) is 2.44. The lowest BCUT2D eigenvalue weighted by molar-refractivity contribution is 0.0695. The van der Waals surface area contributed by atoms with Gasteiger partial charge in [-0.25, -0.2) is 13.2 Å². The molecule has 1 aliphatic heterocycles. The van der Waals surface area contributed by atoms with Crippen LogP contribution in [0.3, 0.4) is 0 Å². The van der Waals surface area contributed by atoms with Crippen LogP contribution >= 0.6 is 0 Å². The maximum Gasteiger partial charge on any atom is 0.337 e. The van der Waals surface area contributed by atoms with Crippen molar-refractivity contribution in [3.8, 4) is 0 Å². The van der Waals surface area contributed by atoms with E-state index in [0.717, 1.165) is 6.20 Å². The van der Waals surface area contributed by atoms with Crippen molar-refractivity contribution >= 4 is 21.7 Å². The maximum absolute atomic E-state index is 11.9. The highest BCUT2D eigenvalue weighted by molar-refractivity contribution is 7.91. The van der Waals surface area contributed by atoms with Crippen LogP contribution in [-0.4, -0.2) is 47.9 Å². The van der Waals surface area contributed by atoms with Crippen LogP contribution in [0.15, 0.2) is 18.3 Å². The number of sulfone groups is 1. The summed E-state index contributed by atoms with van der Waals surface area (Å²) in [6.45, 7) is 0. The van der Waals surface area contributed by atoms with Gasteiger partial charge in [0.05, 0.1) is 17.1 Å². The van der Waals surface area contributed by atoms with Crippen LogP contribution in [-0.2, 0) is 9.84 Å².